The van der Waals surface area contributed by atoms with Crippen molar-refractivity contribution in [3.63, 3.8) is 0 Å². The second-order valence-corrected chi connectivity index (χ2v) is 5.09. The highest BCUT2D eigenvalue weighted by atomic mass is 16.6. The Balaban J connectivity index is 0.000000470. The highest BCUT2D eigenvalue weighted by Gasteiger charge is 2.12. The van der Waals surface area contributed by atoms with Crippen LogP contribution in [0, 0.1) is 13.8 Å². The lowest BCUT2D eigenvalue weighted by atomic mass is 10.1. The van der Waals surface area contributed by atoms with E-state index in [2.05, 4.69) is 10.1 Å². The molecule has 1 atom stereocenters. The zero-order chi connectivity index (χ0) is 18.5. The molecule has 1 aromatic carbocycles. The maximum atomic E-state index is 10.7. The standard InChI is InChI=1S/C11H15NO2.C6H13NO3/c1-7-5-4-6-8(2)10(7)12-9(3)11(13)14;1-2-9-3-4-10-6(8)5-7/h4-6,9,12H,1-3H3,(H,13,14);2-5,7H2,1H3/t9-;/m0./s1. The minimum atomic E-state index is -0.840. The molecule has 0 radical (unpaired) electrons. The van der Waals surface area contributed by atoms with Crippen molar-refractivity contribution in [2.75, 3.05) is 31.7 Å². The molecule has 24 heavy (non-hydrogen) atoms. The molecule has 0 aliphatic heterocycles. The van der Waals surface area contributed by atoms with Gasteiger partial charge in [0.1, 0.15) is 12.6 Å². The number of ether oxygens (including phenoxy) is 2. The van der Waals surface area contributed by atoms with Gasteiger partial charge >= 0.3 is 11.9 Å². The van der Waals surface area contributed by atoms with E-state index >= 15 is 0 Å². The quantitative estimate of drug-likeness (QED) is 0.488. The highest BCUT2D eigenvalue weighted by Crippen LogP contribution is 2.20. The Morgan fingerprint density at radius 2 is 1.83 bits per heavy atom. The molecule has 7 heteroatoms. The smallest absolute Gasteiger partial charge is 0.325 e. The molecule has 136 valence electrons. The molecule has 4 N–H and O–H groups in total. The van der Waals surface area contributed by atoms with Crippen molar-refractivity contribution in [1.29, 1.82) is 0 Å². The van der Waals surface area contributed by atoms with Gasteiger partial charge in [-0.15, -0.1) is 0 Å². The van der Waals surface area contributed by atoms with Crippen molar-refractivity contribution < 1.29 is 24.2 Å². The number of nitrogens with one attached hydrogen (secondary N) is 1. The molecule has 0 saturated carbocycles. The van der Waals surface area contributed by atoms with E-state index in [-0.39, 0.29) is 12.5 Å². The molecule has 0 bridgehead atoms. The minimum absolute atomic E-state index is 0.0634. The number of aryl methyl sites for hydroxylation is 2. The van der Waals surface area contributed by atoms with Gasteiger partial charge in [0, 0.05) is 12.3 Å². The maximum absolute atomic E-state index is 10.7. The van der Waals surface area contributed by atoms with Crippen LogP contribution in [0.15, 0.2) is 18.2 Å². The summed E-state index contributed by atoms with van der Waals surface area (Å²) in [5, 5.41) is 11.7. The summed E-state index contributed by atoms with van der Waals surface area (Å²) >= 11 is 0. The van der Waals surface area contributed by atoms with E-state index in [0.29, 0.717) is 19.8 Å². The van der Waals surface area contributed by atoms with Crippen molar-refractivity contribution in [3.8, 4) is 0 Å². The molecule has 0 amide bonds. The molecule has 0 heterocycles. The van der Waals surface area contributed by atoms with Crippen LogP contribution in [-0.4, -0.2) is 49.5 Å². The van der Waals surface area contributed by atoms with E-state index in [9.17, 15) is 9.59 Å². The van der Waals surface area contributed by atoms with Crippen LogP contribution >= 0.6 is 0 Å². The molecule has 0 aliphatic carbocycles. The fourth-order valence-corrected chi connectivity index (χ4v) is 1.74. The van der Waals surface area contributed by atoms with Crippen molar-refractivity contribution in [1.82, 2.24) is 0 Å². The second kappa shape index (κ2) is 12.3. The first-order chi connectivity index (χ1) is 11.3. The van der Waals surface area contributed by atoms with E-state index in [4.69, 9.17) is 15.6 Å². The molecular weight excluding hydrogens is 312 g/mol. The fourth-order valence-electron chi connectivity index (χ4n) is 1.74. The van der Waals surface area contributed by atoms with Crippen LogP contribution in [0.4, 0.5) is 5.69 Å². The van der Waals surface area contributed by atoms with Crippen molar-refractivity contribution >= 4 is 17.6 Å². The monoisotopic (exact) mass is 340 g/mol. The van der Waals surface area contributed by atoms with Crippen molar-refractivity contribution in [2.24, 2.45) is 5.73 Å². The Morgan fingerprint density at radius 3 is 2.29 bits per heavy atom. The van der Waals surface area contributed by atoms with Gasteiger partial charge in [-0.3, -0.25) is 9.59 Å². The van der Waals surface area contributed by atoms with Gasteiger partial charge < -0.3 is 25.6 Å². The van der Waals surface area contributed by atoms with E-state index in [1.54, 1.807) is 6.92 Å². The van der Waals surface area contributed by atoms with Gasteiger partial charge in [0.2, 0.25) is 0 Å². The fraction of sp³-hybridized carbons (Fsp3) is 0.529. The predicted molar refractivity (Wildman–Crippen MR) is 93.1 cm³/mol. The molecule has 1 rings (SSSR count). The summed E-state index contributed by atoms with van der Waals surface area (Å²) in [6, 6.07) is 5.32. The van der Waals surface area contributed by atoms with Gasteiger partial charge in [0.25, 0.3) is 0 Å². The number of benzene rings is 1. The lowest BCUT2D eigenvalue weighted by Gasteiger charge is -2.15. The number of hydrogen-bond acceptors (Lipinski definition) is 6. The molecule has 0 aliphatic rings. The topological polar surface area (TPSA) is 111 Å². The third-order valence-electron chi connectivity index (χ3n) is 3.07. The number of anilines is 1. The van der Waals surface area contributed by atoms with E-state index in [0.717, 1.165) is 16.8 Å². The number of nitrogens with two attached hydrogens (primary N) is 1. The highest BCUT2D eigenvalue weighted by molar-refractivity contribution is 5.77. The number of carbonyl (C=O) groups is 2. The third kappa shape index (κ3) is 9.12. The molecule has 0 unspecified atom stereocenters. The number of aliphatic carboxylic acids is 1. The van der Waals surface area contributed by atoms with Crippen LogP contribution in [0.3, 0.4) is 0 Å². The first kappa shape index (κ1) is 21.9. The Kier molecular flexibility index (Phi) is 11.2. The number of carboxylic acid groups (broad SMARTS) is 1. The van der Waals surface area contributed by atoms with Gasteiger partial charge in [-0.2, -0.15) is 0 Å². The first-order valence-electron chi connectivity index (χ1n) is 7.82. The average molecular weight is 340 g/mol. The lowest BCUT2D eigenvalue weighted by Crippen LogP contribution is -2.26. The lowest BCUT2D eigenvalue weighted by molar-refractivity contribution is -0.143. The summed E-state index contributed by atoms with van der Waals surface area (Å²) in [7, 11) is 0. The summed E-state index contributed by atoms with van der Waals surface area (Å²) in [4.78, 5) is 21.0. The number of rotatable bonds is 8. The zero-order valence-corrected chi connectivity index (χ0v) is 14.8. The van der Waals surface area contributed by atoms with E-state index in [1.807, 2.05) is 39.0 Å². The molecule has 0 saturated heterocycles. The van der Waals surface area contributed by atoms with E-state index < -0.39 is 12.0 Å². The van der Waals surface area contributed by atoms with E-state index in [1.165, 1.54) is 0 Å². The summed E-state index contributed by atoms with van der Waals surface area (Å²) in [6.45, 7) is 8.76. The Bertz CT molecular complexity index is 499. The average Bonchev–Trinajstić information content (AvgIpc) is 2.55. The summed E-state index contributed by atoms with van der Waals surface area (Å²) < 4.78 is 9.51. The summed E-state index contributed by atoms with van der Waals surface area (Å²) in [5.74, 6) is -1.23. The van der Waals surface area contributed by atoms with Gasteiger partial charge in [0.05, 0.1) is 13.2 Å². The summed E-state index contributed by atoms with van der Waals surface area (Å²) in [5.41, 5.74) is 8.03. The van der Waals surface area contributed by atoms with Gasteiger partial charge in [-0.25, -0.2) is 0 Å². The van der Waals surface area contributed by atoms with Gasteiger partial charge in [0.15, 0.2) is 0 Å². The largest absolute Gasteiger partial charge is 0.480 e. The number of carbonyl (C=O) groups excluding carboxylic acids is 1. The third-order valence-corrected chi connectivity index (χ3v) is 3.07. The number of esters is 1. The van der Waals surface area contributed by atoms with Crippen LogP contribution in [0.2, 0.25) is 0 Å². The van der Waals surface area contributed by atoms with Crippen LogP contribution in [0.1, 0.15) is 25.0 Å². The minimum Gasteiger partial charge on any atom is -0.480 e. The van der Waals surface area contributed by atoms with Crippen LogP contribution in [0.25, 0.3) is 0 Å². The number of hydrogen-bond donors (Lipinski definition) is 3. The normalized spacial score (nSPS) is 11.0. The van der Waals surface area contributed by atoms with Crippen molar-refractivity contribution in [2.45, 2.75) is 33.7 Å². The van der Waals surface area contributed by atoms with Gasteiger partial charge in [-0.1, -0.05) is 18.2 Å². The molecule has 7 nitrogen and oxygen atoms in total. The van der Waals surface area contributed by atoms with Crippen LogP contribution in [0.5, 0.6) is 0 Å². The Morgan fingerprint density at radius 1 is 1.25 bits per heavy atom. The Labute approximate surface area is 143 Å². The first-order valence-corrected chi connectivity index (χ1v) is 7.82. The van der Waals surface area contributed by atoms with Crippen LogP contribution in [-0.2, 0) is 19.1 Å². The maximum Gasteiger partial charge on any atom is 0.325 e. The van der Waals surface area contributed by atoms with Crippen LogP contribution < -0.4 is 11.1 Å². The molecular formula is C17H28N2O5. The SMILES string of the molecule is CCOCCOC(=O)CN.Cc1cccc(C)c1N[C@@H](C)C(=O)O. The van der Waals surface area contributed by atoms with Gasteiger partial charge in [-0.05, 0) is 38.8 Å². The van der Waals surface area contributed by atoms with Crippen molar-refractivity contribution in [3.05, 3.63) is 29.3 Å². The Hall–Kier alpha value is -2.12. The molecule has 0 spiro atoms. The second-order valence-electron chi connectivity index (χ2n) is 5.09. The zero-order valence-electron chi connectivity index (χ0n) is 14.8. The number of carboxylic acids is 1. The number of para-hydroxylation sites is 1. The molecule has 0 fully saturated rings. The molecule has 1 aromatic rings. The molecule has 0 aromatic heterocycles. The summed E-state index contributed by atoms with van der Waals surface area (Å²) in [6.07, 6.45) is 0. The predicted octanol–water partition coefficient (Wildman–Crippen LogP) is 1.71.